The minimum Gasteiger partial charge on any atom is -0.493 e. The van der Waals surface area contributed by atoms with Crippen LogP contribution in [0, 0.1) is 6.92 Å². The second-order valence-corrected chi connectivity index (χ2v) is 7.42. The van der Waals surface area contributed by atoms with Crippen LogP contribution >= 0.6 is 0 Å². The number of aryl methyl sites for hydroxylation is 1. The monoisotopic (exact) mass is 406 g/mol. The molecule has 1 N–H and O–H groups in total. The number of carbonyl (C=O) groups excluding carboxylic acids is 1. The number of likely N-dealkylation sites (tertiary alicyclic amines) is 1. The molecule has 3 heterocycles. The molecule has 7 heteroatoms. The molecule has 1 saturated heterocycles. The number of pyridine rings is 2. The van der Waals surface area contributed by atoms with E-state index in [0.29, 0.717) is 28.4 Å². The molecule has 1 fully saturated rings. The fourth-order valence-electron chi connectivity index (χ4n) is 3.79. The van der Waals surface area contributed by atoms with Crippen LogP contribution in [0.2, 0.25) is 0 Å². The minimum atomic E-state index is -0.00680. The summed E-state index contributed by atoms with van der Waals surface area (Å²) < 4.78 is 10.8. The smallest absolute Gasteiger partial charge is 0.257 e. The van der Waals surface area contributed by atoms with Crippen molar-refractivity contribution in [3.05, 3.63) is 47.8 Å². The molecule has 30 heavy (non-hydrogen) atoms. The van der Waals surface area contributed by atoms with Crippen LogP contribution in [0.5, 0.6) is 11.5 Å². The zero-order valence-corrected chi connectivity index (χ0v) is 17.6. The molecule has 0 bridgehead atoms. The number of anilines is 2. The maximum atomic E-state index is 13.3. The lowest BCUT2D eigenvalue weighted by molar-refractivity contribution is 0.0725. The Kier molecular flexibility index (Phi) is 5.70. The summed E-state index contributed by atoms with van der Waals surface area (Å²) in [6.45, 7) is 3.48. The third-order valence-electron chi connectivity index (χ3n) is 5.40. The van der Waals surface area contributed by atoms with Gasteiger partial charge >= 0.3 is 0 Å². The number of nitrogens with zero attached hydrogens (tertiary/aromatic N) is 3. The van der Waals surface area contributed by atoms with Gasteiger partial charge < -0.3 is 19.7 Å². The first kappa shape index (κ1) is 19.9. The van der Waals surface area contributed by atoms with E-state index in [1.165, 1.54) is 6.42 Å². The highest BCUT2D eigenvalue weighted by Gasteiger charge is 2.23. The normalized spacial score (nSPS) is 13.9. The number of ether oxygens (including phenoxy) is 2. The molecule has 3 aromatic rings. The van der Waals surface area contributed by atoms with Crippen molar-refractivity contribution in [2.75, 3.05) is 32.6 Å². The third kappa shape index (κ3) is 3.87. The number of aromatic nitrogens is 2. The Morgan fingerprint density at radius 1 is 1.03 bits per heavy atom. The standard InChI is InChI=1S/C23H26N4O3/c1-15-7-9-17-21(26-16-8-10-19(29-2)20(13-16)30-3)18(14-24-22(17)25-15)23(28)27-11-5-4-6-12-27/h7-10,13-14H,4-6,11-12H2,1-3H3,(H,24,25,26). The molecular formula is C23H26N4O3. The first-order chi connectivity index (χ1) is 14.6. The van der Waals surface area contributed by atoms with Crippen molar-refractivity contribution in [2.24, 2.45) is 0 Å². The van der Waals surface area contributed by atoms with E-state index in [1.807, 2.05) is 42.2 Å². The second-order valence-electron chi connectivity index (χ2n) is 7.42. The Balaban J connectivity index is 1.80. The summed E-state index contributed by atoms with van der Waals surface area (Å²) in [5.74, 6) is 1.25. The molecule has 0 aliphatic carbocycles. The summed E-state index contributed by atoms with van der Waals surface area (Å²) in [5.41, 5.74) is 3.52. The van der Waals surface area contributed by atoms with Crippen LogP contribution in [0.25, 0.3) is 11.0 Å². The quantitative estimate of drug-likeness (QED) is 0.680. The van der Waals surface area contributed by atoms with Crippen molar-refractivity contribution < 1.29 is 14.3 Å². The lowest BCUT2D eigenvalue weighted by Crippen LogP contribution is -2.36. The van der Waals surface area contributed by atoms with Gasteiger partial charge in [0, 0.05) is 42.1 Å². The fraction of sp³-hybridized carbons (Fsp3) is 0.348. The minimum absolute atomic E-state index is 0.00680. The van der Waals surface area contributed by atoms with E-state index in [9.17, 15) is 4.79 Å². The van der Waals surface area contributed by atoms with Crippen molar-refractivity contribution in [3.8, 4) is 11.5 Å². The van der Waals surface area contributed by atoms with Crippen molar-refractivity contribution in [1.29, 1.82) is 0 Å². The van der Waals surface area contributed by atoms with Gasteiger partial charge in [0.1, 0.15) is 0 Å². The zero-order valence-electron chi connectivity index (χ0n) is 17.6. The van der Waals surface area contributed by atoms with E-state index >= 15 is 0 Å². The summed E-state index contributed by atoms with van der Waals surface area (Å²) >= 11 is 0. The highest BCUT2D eigenvalue weighted by atomic mass is 16.5. The van der Waals surface area contributed by atoms with Gasteiger partial charge in [0.15, 0.2) is 17.1 Å². The molecule has 2 aromatic heterocycles. The van der Waals surface area contributed by atoms with Gasteiger partial charge in [-0.2, -0.15) is 0 Å². The molecule has 1 aliphatic rings. The largest absolute Gasteiger partial charge is 0.493 e. The molecule has 1 amide bonds. The highest BCUT2D eigenvalue weighted by Crippen LogP contribution is 2.34. The number of methoxy groups -OCH3 is 2. The van der Waals surface area contributed by atoms with Crippen LogP contribution in [0.15, 0.2) is 36.5 Å². The molecule has 1 aromatic carbocycles. The molecular weight excluding hydrogens is 380 g/mol. The van der Waals surface area contributed by atoms with Crippen LogP contribution < -0.4 is 14.8 Å². The average Bonchev–Trinajstić information content (AvgIpc) is 2.79. The number of benzene rings is 1. The number of hydrogen-bond acceptors (Lipinski definition) is 6. The molecule has 7 nitrogen and oxygen atoms in total. The zero-order chi connectivity index (χ0) is 21.1. The maximum Gasteiger partial charge on any atom is 0.257 e. The highest BCUT2D eigenvalue weighted by molar-refractivity contribution is 6.07. The van der Waals surface area contributed by atoms with Gasteiger partial charge in [-0.05, 0) is 50.5 Å². The van der Waals surface area contributed by atoms with Crippen molar-refractivity contribution >= 4 is 28.3 Å². The average molecular weight is 406 g/mol. The Morgan fingerprint density at radius 2 is 1.80 bits per heavy atom. The predicted octanol–water partition coefficient (Wildman–Crippen LogP) is 4.33. The van der Waals surface area contributed by atoms with E-state index in [-0.39, 0.29) is 5.91 Å². The van der Waals surface area contributed by atoms with Crippen LogP contribution in [-0.4, -0.2) is 48.1 Å². The van der Waals surface area contributed by atoms with Gasteiger partial charge in [0.2, 0.25) is 0 Å². The second kappa shape index (κ2) is 8.57. The summed E-state index contributed by atoms with van der Waals surface area (Å²) in [5, 5.41) is 4.22. The summed E-state index contributed by atoms with van der Waals surface area (Å²) in [7, 11) is 3.20. The van der Waals surface area contributed by atoms with Gasteiger partial charge in [0.05, 0.1) is 25.5 Å². The third-order valence-corrected chi connectivity index (χ3v) is 5.40. The molecule has 1 aliphatic heterocycles. The summed E-state index contributed by atoms with van der Waals surface area (Å²) in [6, 6.07) is 9.46. The topological polar surface area (TPSA) is 76.6 Å². The lowest BCUT2D eigenvalue weighted by Gasteiger charge is -2.27. The number of hydrogen-bond donors (Lipinski definition) is 1. The fourth-order valence-corrected chi connectivity index (χ4v) is 3.79. The van der Waals surface area contributed by atoms with Gasteiger partial charge in [-0.3, -0.25) is 4.79 Å². The Hall–Kier alpha value is -3.35. The van der Waals surface area contributed by atoms with E-state index < -0.39 is 0 Å². The number of carbonyl (C=O) groups is 1. The number of nitrogens with one attached hydrogen (secondary N) is 1. The van der Waals surface area contributed by atoms with E-state index in [1.54, 1.807) is 20.4 Å². The molecule has 4 rings (SSSR count). The Bertz CT molecular complexity index is 1080. The van der Waals surface area contributed by atoms with Gasteiger partial charge in [-0.1, -0.05) is 0 Å². The lowest BCUT2D eigenvalue weighted by atomic mass is 10.1. The first-order valence-electron chi connectivity index (χ1n) is 10.2. The van der Waals surface area contributed by atoms with Gasteiger partial charge in [-0.25, -0.2) is 9.97 Å². The Labute approximate surface area is 176 Å². The van der Waals surface area contributed by atoms with Gasteiger partial charge in [-0.15, -0.1) is 0 Å². The Morgan fingerprint density at radius 3 is 2.53 bits per heavy atom. The van der Waals surface area contributed by atoms with E-state index in [4.69, 9.17) is 9.47 Å². The van der Waals surface area contributed by atoms with E-state index in [0.717, 1.165) is 42.7 Å². The molecule has 0 unspecified atom stereocenters. The van der Waals surface area contributed by atoms with Crippen molar-refractivity contribution in [1.82, 2.24) is 14.9 Å². The number of amides is 1. The molecule has 156 valence electrons. The number of rotatable bonds is 5. The van der Waals surface area contributed by atoms with Crippen molar-refractivity contribution in [2.45, 2.75) is 26.2 Å². The SMILES string of the molecule is COc1ccc(Nc2c(C(=O)N3CCCCC3)cnc3nc(C)ccc23)cc1OC. The molecule has 0 saturated carbocycles. The van der Waals surface area contributed by atoms with Crippen LogP contribution in [-0.2, 0) is 0 Å². The summed E-state index contributed by atoms with van der Waals surface area (Å²) in [6.07, 6.45) is 4.87. The van der Waals surface area contributed by atoms with Crippen molar-refractivity contribution in [3.63, 3.8) is 0 Å². The van der Waals surface area contributed by atoms with Crippen LogP contribution in [0.3, 0.4) is 0 Å². The number of fused-ring (bicyclic) bond motifs is 1. The number of piperidine rings is 1. The first-order valence-corrected chi connectivity index (χ1v) is 10.2. The molecule has 0 atom stereocenters. The molecule has 0 radical (unpaired) electrons. The molecule has 0 spiro atoms. The van der Waals surface area contributed by atoms with E-state index in [2.05, 4.69) is 15.3 Å². The predicted molar refractivity (Wildman–Crippen MR) is 117 cm³/mol. The van der Waals surface area contributed by atoms with Crippen LogP contribution in [0.4, 0.5) is 11.4 Å². The van der Waals surface area contributed by atoms with Gasteiger partial charge in [0.25, 0.3) is 5.91 Å². The van der Waals surface area contributed by atoms with Crippen LogP contribution in [0.1, 0.15) is 35.3 Å². The summed E-state index contributed by atoms with van der Waals surface area (Å²) in [4.78, 5) is 24.2. The maximum absolute atomic E-state index is 13.3.